The van der Waals surface area contributed by atoms with Gasteiger partial charge in [0.2, 0.25) is 15.9 Å². The summed E-state index contributed by atoms with van der Waals surface area (Å²) in [5.41, 5.74) is 0.414. The lowest BCUT2D eigenvalue weighted by Crippen LogP contribution is -2.41. The highest BCUT2D eigenvalue weighted by Crippen LogP contribution is 2.14. The lowest BCUT2D eigenvalue weighted by Gasteiger charge is -2.14. The van der Waals surface area contributed by atoms with Crippen LogP contribution in [0, 0.1) is 0 Å². The van der Waals surface area contributed by atoms with E-state index in [1.807, 2.05) is 0 Å². The molecule has 1 heterocycles. The molecule has 2 amide bonds. The normalized spacial score (nSPS) is 12.6. The van der Waals surface area contributed by atoms with Crippen LogP contribution in [0.2, 0.25) is 0 Å². The van der Waals surface area contributed by atoms with Gasteiger partial charge in [-0.3, -0.25) is 9.59 Å². The molecule has 1 aromatic carbocycles. The average Bonchev–Trinajstić information content (AvgIpc) is 3.08. The third-order valence-corrected chi connectivity index (χ3v) is 4.98. The molecular weight excluding hydrogens is 358 g/mol. The minimum atomic E-state index is -3.59. The molecule has 26 heavy (non-hydrogen) atoms. The smallest absolute Gasteiger partial charge is 0.287 e. The number of carbonyl (C=O) groups excluding carboxylic acids is 2. The molecule has 0 saturated carbocycles. The number of furan rings is 1. The molecule has 0 saturated heterocycles. The van der Waals surface area contributed by atoms with Crippen molar-refractivity contribution in [3.8, 4) is 0 Å². The van der Waals surface area contributed by atoms with Crippen molar-refractivity contribution in [3.63, 3.8) is 0 Å². The number of nitrogens with one attached hydrogen (secondary N) is 3. The first kappa shape index (κ1) is 19.7. The first-order valence-corrected chi connectivity index (χ1v) is 9.45. The number of carbonyl (C=O) groups is 2. The van der Waals surface area contributed by atoms with Crippen molar-refractivity contribution in [1.82, 2.24) is 10.0 Å². The maximum atomic E-state index is 12.2. The molecule has 1 unspecified atom stereocenters. The summed E-state index contributed by atoms with van der Waals surface area (Å²) in [5, 5.41) is 5.12. The predicted octanol–water partition coefficient (Wildman–Crippen LogP) is 1.72. The summed E-state index contributed by atoms with van der Waals surface area (Å²) < 4.78 is 31.6. The van der Waals surface area contributed by atoms with Crippen LogP contribution in [0.25, 0.3) is 0 Å². The molecule has 1 aromatic heterocycles. The second kappa shape index (κ2) is 8.15. The van der Waals surface area contributed by atoms with Crippen LogP contribution in [0.5, 0.6) is 0 Å². The molecule has 140 valence electrons. The van der Waals surface area contributed by atoms with E-state index in [2.05, 4.69) is 15.4 Å². The van der Waals surface area contributed by atoms with Gasteiger partial charge in [0.25, 0.3) is 5.91 Å². The fourth-order valence-corrected chi connectivity index (χ4v) is 3.34. The SMILES string of the molecule is CC(C)NS(=O)(=O)c1ccc(NC(=O)C(C)NC(=O)c2ccco2)cc1. The fraction of sp³-hybridized carbons (Fsp3) is 0.294. The summed E-state index contributed by atoms with van der Waals surface area (Å²) >= 11 is 0. The van der Waals surface area contributed by atoms with Gasteiger partial charge in [0, 0.05) is 11.7 Å². The number of hydrogen-bond donors (Lipinski definition) is 3. The van der Waals surface area contributed by atoms with Gasteiger partial charge in [-0.1, -0.05) is 0 Å². The van der Waals surface area contributed by atoms with Crippen LogP contribution in [-0.2, 0) is 14.8 Å². The monoisotopic (exact) mass is 379 g/mol. The molecule has 0 aliphatic carbocycles. The van der Waals surface area contributed by atoms with Gasteiger partial charge in [0.05, 0.1) is 11.2 Å². The van der Waals surface area contributed by atoms with Gasteiger partial charge in [-0.25, -0.2) is 13.1 Å². The highest BCUT2D eigenvalue weighted by Gasteiger charge is 2.19. The summed E-state index contributed by atoms with van der Waals surface area (Å²) in [6.07, 6.45) is 1.36. The van der Waals surface area contributed by atoms with Gasteiger partial charge < -0.3 is 15.1 Å². The molecule has 0 spiro atoms. The van der Waals surface area contributed by atoms with Gasteiger partial charge in [-0.15, -0.1) is 0 Å². The quantitative estimate of drug-likeness (QED) is 0.677. The van der Waals surface area contributed by atoms with Crippen LogP contribution in [-0.4, -0.2) is 32.3 Å². The largest absolute Gasteiger partial charge is 0.459 e. The summed E-state index contributed by atoms with van der Waals surface area (Å²) in [5.74, 6) is -0.837. The van der Waals surface area contributed by atoms with E-state index < -0.39 is 27.9 Å². The van der Waals surface area contributed by atoms with Crippen LogP contribution >= 0.6 is 0 Å². The molecule has 2 aromatic rings. The Labute approximate surface area is 152 Å². The first-order chi connectivity index (χ1) is 12.2. The van der Waals surface area contributed by atoms with Crippen molar-refractivity contribution in [2.75, 3.05) is 5.32 Å². The second-order valence-corrected chi connectivity index (χ2v) is 7.68. The van der Waals surface area contributed by atoms with Crippen molar-refractivity contribution >= 4 is 27.5 Å². The molecule has 8 nitrogen and oxygen atoms in total. The Balaban J connectivity index is 1.97. The van der Waals surface area contributed by atoms with Gasteiger partial charge in [0.1, 0.15) is 6.04 Å². The maximum Gasteiger partial charge on any atom is 0.287 e. The number of benzene rings is 1. The van der Waals surface area contributed by atoms with E-state index in [0.29, 0.717) is 5.69 Å². The van der Waals surface area contributed by atoms with E-state index in [9.17, 15) is 18.0 Å². The lowest BCUT2D eigenvalue weighted by molar-refractivity contribution is -0.117. The highest BCUT2D eigenvalue weighted by atomic mass is 32.2. The molecular formula is C17H21N3O5S. The third kappa shape index (κ3) is 5.17. The van der Waals surface area contributed by atoms with Crippen LogP contribution < -0.4 is 15.4 Å². The van der Waals surface area contributed by atoms with Gasteiger partial charge in [-0.2, -0.15) is 0 Å². The molecule has 0 fully saturated rings. The topological polar surface area (TPSA) is 118 Å². The fourth-order valence-electron chi connectivity index (χ4n) is 2.09. The van der Waals surface area contributed by atoms with Crippen LogP contribution in [0.4, 0.5) is 5.69 Å². The molecule has 0 bridgehead atoms. The van der Waals surface area contributed by atoms with Crippen LogP contribution in [0.15, 0.2) is 52.0 Å². The van der Waals surface area contributed by atoms with E-state index >= 15 is 0 Å². The Bertz CT molecular complexity index is 858. The Hall–Kier alpha value is -2.65. The van der Waals surface area contributed by atoms with Crippen LogP contribution in [0.3, 0.4) is 0 Å². The zero-order valence-corrected chi connectivity index (χ0v) is 15.5. The van der Waals surface area contributed by atoms with Crippen molar-refractivity contribution in [2.45, 2.75) is 37.8 Å². The summed E-state index contributed by atoms with van der Waals surface area (Å²) in [7, 11) is -3.59. The van der Waals surface area contributed by atoms with Crippen molar-refractivity contribution < 1.29 is 22.4 Å². The molecule has 3 N–H and O–H groups in total. The number of rotatable bonds is 7. The predicted molar refractivity (Wildman–Crippen MR) is 96.2 cm³/mol. The lowest BCUT2D eigenvalue weighted by atomic mass is 10.2. The minimum Gasteiger partial charge on any atom is -0.459 e. The molecule has 1 atom stereocenters. The van der Waals surface area contributed by atoms with E-state index in [0.717, 1.165) is 0 Å². The Kier molecular flexibility index (Phi) is 6.17. The van der Waals surface area contributed by atoms with Crippen molar-refractivity contribution in [2.24, 2.45) is 0 Å². The number of hydrogen-bond acceptors (Lipinski definition) is 5. The van der Waals surface area contributed by atoms with Crippen molar-refractivity contribution in [3.05, 3.63) is 48.4 Å². The molecule has 2 rings (SSSR count). The van der Waals surface area contributed by atoms with E-state index in [1.165, 1.54) is 43.5 Å². The third-order valence-electron chi connectivity index (χ3n) is 3.31. The van der Waals surface area contributed by atoms with Gasteiger partial charge in [-0.05, 0) is 57.2 Å². The number of anilines is 1. The van der Waals surface area contributed by atoms with Crippen molar-refractivity contribution in [1.29, 1.82) is 0 Å². The molecule has 0 radical (unpaired) electrons. The first-order valence-electron chi connectivity index (χ1n) is 7.96. The zero-order chi connectivity index (χ0) is 19.3. The van der Waals surface area contributed by atoms with Gasteiger partial charge in [0.15, 0.2) is 5.76 Å². The summed E-state index contributed by atoms with van der Waals surface area (Å²) in [6, 6.07) is 7.78. The Morgan fingerprint density at radius 1 is 1.04 bits per heavy atom. The molecule has 0 aliphatic rings. The summed E-state index contributed by atoms with van der Waals surface area (Å²) in [6.45, 7) is 4.98. The van der Waals surface area contributed by atoms with E-state index in [1.54, 1.807) is 19.9 Å². The zero-order valence-electron chi connectivity index (χ0n) is 14.6. The highest BCUT2D eigenvalue weighted by molar-refractivity contribution is 7.89. The van der Waals surface area contributed by atoms with E-state index in [-0.39, 0.29) is 16.7 Å². The van der Waals surface area contributed by atoms with Gasteiger partial charge >= 0.3 is 0 Å². The van der Waals surface area contributed by atoms with E-state index in [4.69, 9.17) is 4.42 Å². The average molecular weight is 379 g/mol. The Morgan fingerprint density at radius 3 is 2.23 bits per heavy atom. The summed E-state index contributed by atoms with van der Waals surface area (Å²) in [4.78, 5) is 24.1. The minimum absolute atomic E-state index is 0.100. The number of amides is 2. The standard InChI is InChI=1S/C17H21N3O5S/c1-11(2)20-26(23,24)14-8-6-13(7-9-14)19-16(21)12(3)18-17(22)15-5-4-10-25-15/h4-12,20H,1-3H3,(H,18,22)(H,19,21). The van der Waals surface area contributed by atoms with Crippen LogP contribution in [0.1, 0.15) is 31.3 Å². The second-order valence-electron chi connectivity index (χ2n) is 5.96. The number of sulfonamides is 1. The molecule has 9 heteroatoms. The Morgan fingerprint density at radius 2 is 1.69 bits per heavy atom. The maximum absolute atomic E-state index is 12.2. The molecule has 0 aliphatic heterocycles.